The number of hydrogen-bond acceptors (Lipinski definition) is 6. The lowest BCUT2D eigenvalue weighted by Crippen LogP contribution is -2.45. The Kier molecular flexibility index (Phi) is 7.24. The molecule has 0 radical (unpaired) electrons. The van der Waals surface area contributed by atoms with Gasteiger partial charge in [0.2, 0.25) is 6.79 Å². The number of hydrogen-bond donors (Lipinski definition) is 1. The molecule has 4 aromatic rings. The third-order valence-corrected chi connectivity index (χ3v) is 7.60. The van der Waals surface area contributed by atoms with E-state index in [2.05, 4.69) is 45.3 Å². The van der Waals surface area contributed by atoms with E-state index in [1.54, 1.807) is 24.5 Å². The van der Waals surface area contributed by atoms with Crippen molar-refractivity contribution in [2.24, 2.45) is 0 Å². The maximum Gasteiger partial charge on any atom is 0.270 e. The summed E-state index contributed by atoms with van der Waals surface area (Å²) in [6.45, 7) is 7.95. The van der Waals surface area contributed by atoms with Gasteiger partial charge < -0.3 is 9.47 Å². The highest BCUT2D eigenvalue weighted by molar-refractivity contribution is 6.30. The van der Waals surface area contributed by atoms with Gasteiger partial charge in [-0.3, -0.25) is 29.7 Å². The second-order valence-corrected chi connectivity index (χ2v) is 10.3. The average molecular weight is 544 g/mol. The summed E-state index contributed by atoms with van der Waals surface area (Å²) in [7, 11) is 0. The van der Waals surface area contributed by atoms with E-state index in [9.17, 15) is 4.79 Å². The normalized spacial score (nSPS) is 15.4. The van der Waals surface area contributed by atoms with Crippen LogP contribution in [-0.2, 0) is 13.1 Å². The first-order chi connectivity index (χ1) is 19.0. The Hall–Kier alpha value is -3.85. The van der Waals surface area contributed by atoms with Crippen molar-refractivity contribution in [1.82, 2.24) is 19.5 Å². The lowest BCUT2D eigenvalue weighted by atomic mass is 10.1. The van der Waals surface area contributed by atoms with Crippen molar-refractivity contribution >= 4 is 17.5 Å². The molecule has 0 spiro atoms. The molecule has 8 nitrogen and oxygen atoms in total. The summed E-state index contributed by atoms with van der Waals surface area (Å²) in [5.74, 6) is 1.47. The van der Waals surface area contributed by atoms with Crippen LogP contribution >= 0.6 is 11.6 Å². The molecule has 6 rings (SSSR count). The molecule has 2 aromatic heterocycles. The van der Waals surface area contributed by atoms with Gasteiger partial charge >= 0.3 is 0 Å². The molecule has 0 saturated carbocycles. The second-order valence-electron chi connectivity index (χ2n) is 9.90. The number of rotatable bonds is 7. The number of nitrogens with zero attached hydrogens (tertiary/aromatic N) is 4. The number of fused-ring (bicyclic) bond motifs is 1. The maximum absolute atomic E-state index is 13.0. The standard InChI is InChI=1S/C30H30ClN5O3/c1-21-25(19-35-14-12-34(13-15-35)18-22-2-7-28-29(16-22)39-20-38-28)17-27(23-3-5-26(31)6-4-23)36(21)33-30(37)24-8-10-32-11-9-24/h2-11,16-17H,12-15,18-20H2,1H3,(H,33,37). The summed E-state index contributed by atoms with van der Waals surface area (Å²) in [5, 5.41) is 0.674. The van der Waals surface area contributed by atoms with Crippen LogP contribution in [0.1, 0.15) is 27.2 Å². The van der Waals surface area contributed by atoms with Crippen molar-refractivity contribution in [3.8, 4) is 22.8 Å². The van der Waals surface area contributed by atoms with Crippen LogP contribution < -0.4 is 14.9 Å². The molecule has 2 aliphatic rings. The van der Waals surface area contributed by atoms with E-state index in [1.807, 2.05) is 35.0 Å². The van der Waals surface area contributed by atoms with Gasteiger partial charge in [0.1, 0.15) is 0 Å². The van der Waals surface area contributed by atoms with Crippen molar-refractivity contribution in [3.63, 3.8) is 0 Å². The Bertz CT molecular complexity index is 1460. The van der Waals surface area contributed by atoms with Gasteiger partial charge in [-0.2, -0.15) is 0 Å². The van der Waals surface area contributed by atoms with Crippen LogP contribution in [-0.4, -0.2) is 58.3 Å². The number of piperazine rings is 1. The first kappa shape index (κ1) is 25.4. The molecular formula is C30H30ClN5O3. The lowest BCUT2D eigenvalue weighted by molar-refractivity contribution is 0.101. The molecule has 0 bridgehead atoms. The monoisotopic (exact) mass is 543 g/mol. The zero-order chi connectivity index (χ0) is 26.8. The van der Waals surface area contributed by atoms with Gasteiger partial charge in [-0.25, -0.2) is 0 Å². The molecule has 1 saturated heterocycles. The summed E-state index contributed by atoms with van der Waals surface area (Å²) in [6.07, 6.45) is 3.24. The Morgan fingerprint density at radius 2 is 1.59 bits per heavy atom. The number of benzene rings is 2. The van der Waals surface area contributed by atoms with E-state index in [0.29, 0.717) is 17.4 Å². The molecular weight excluding hydrogens is 514 g/mol. The van der Waals surface area contributed by atoms with E-state index in [-0.39, 0.29) is 5.91 Å². The van der Waals surface area contributed by atoms with Gasteiger partial charge in [-0.05, 0) is 60.5 Å². The summed E-state index contributed by atoms with van der Waals surface area (Å²) < 4.78 is 12.9. The molecule has 0 atom stereocenters. The van der Waals surface area contributed by atoms with Crippen molar-refractivity contribution < 1.29 is 14.3 Å². The Morgan fingerprint density at radius 1 is 0.897 bits per heavy atom. The highest BCUT2D eigenvalue weighted by Gasteiger charge is 2.22. The van der Waals surface area contributed by atoms with Gasteiger partial charge in [0.15, 0.2) is 11.5 Å². The number of carbonyl (C=O) groups is 1. The third kappa shape index (κ3) is 5.63. The number of ether oxygens (including phenoxy) is 2. The quantitative estimate of drug-likeness (QED) is 0.356. The Labute approximate surface area is 232 Å². The van der Waals surface area contributed by atoms with Crippen LogP contribution in [0.25, 0.3) is 11.3 Å². The van der Waals surface area contributed by atoms with Gasteiger partial charge in [0.25, 0.3) is 5.91 Å². The van der Waals surface area contributed by atoms with Gasteiger partial charge in [0.05, 0.1) is 5.69 Å². The minimum atomic E-state index is -0.185. The number of pyridine rings is 1. The molecule has 0 unspecified atom stereocenters. The molecule has 2 aliphatic heterocycles. The smallest absolute Gasteiger partial charge is 0.270 e. The third-order valence-electron chi connectivity index (χ3n) is 7.35. The van der Waals surface area contributed by atoms with E-state index in [4.69, 9.17) is 21.1 Å². The largest absolute Gasteiger partial charge is 0.454 e. The summed E-state index contributed by atoms with van der Waals surface area (Å²) in [6, 6.07) is 19.5. The van der Waals surface area contributed by atoms with E-state index >= 15 is 0 Å². The van der Waals surface area contributed by atoms with Crippen molar-refractivity contribution in [3.05, 3.63) is 100 Å². The average Bonchev–Trinajstić information content (AvgIpc) is 3.55. The fourth-order valence-electron chi connectivity index (χ4n) is 5.11. The van der Waals surface area contributed by atoms with E-state index in [0.717, 1.165) is 67.7 Å². The molecule has 1 N–H and O–H groups in total. The molecule has 200 valence electrons. The molecule has 9 heteroatoms. The SMILES string of the molecule is Cc1c(CN2CCN(Cc3ccc4c(c3)OCO4)CC2)cc(-c2ccc(Cl)cc2)n1NC(=O)c1ccncc1. The minimum Gasteiger partial charge on any atom is -0.454 e. The van der Waals surface area contributed by atoms with Crippen LogP contribution in [0.4, 0.5) is 0 Å². The number of amides is 1. The van der Waals surface area contributed by atoms with Gasteiger partial charge in [-0.1, -0.05) is 29.8 Å². The molecule has 2 aromatic carbocycles. The lowest BCUT2D eigenvalue weighted by Gasteiger charge is -2.34. The van der Waals surface area contributed by atoms with Crippen LogP contribution in [0, 0.1) is 6.92 Å². The number of nitrogens with one attached hydrogen (secondary N) is 1. The predicted molar refractivity (Wildman–Crippen MR) is 151 cm³/mol. The predicted octanol–water partition coefficient (Wildman–Crippen LogP) is 4.94. The van der Waals surface area contributed by atoms with Crippen LogP contribution in [0.5, 0.6) is 11.5 Å². The summed E-state index contributed by atoms with van der Waals surface area (Å²) in [5.41, 5.74) is 8.97. The van der Waals surface area contributed by atoms with E-state index < -0.39 is 0 Å². The van der Waals surface area contributed by atoms with E-state index in [1.165, 1.54) is 11.1 Å². The molecule has 39 heavy (non-hydrogen) atoms. The van der Waals surface area contributed by atoms with Gasteiger partial charge in [-0.15, -0.1) is 0 Å². The van der Waals surface area contributed by atoms with Crippen LogP contribution in [0.2, 0.25) is 5.02 Å². The zero-order valence-electron chi connectivity index (χ0n) is 21.8. The molecule has 1 fully saturated rings. The first-order valence-corrected chi connectivity index (χ1v) is 13.4. The highest BCUT2D eigenvalue weighted by atomic mass is 35.5. The molecule has 0 aliphatic carbocycles. The van der Waals surface area contributed by atoms with Crippen molar-refractivity contribution in [1.29, 1.82) is 0 Å². The topological polar surface area (TPSA) is 71.9 Å². The highest BCUT2D eigenvalue weighted by Crippen LogP contribution is 2.33. The summed E-state index contributed by atoms with van der Waals surface area (Å²) in [4.78, 5) is 22.0. The Balaban J connectivity index is 1.16. The van der Waals surface area contributed by atoms with Crippen molar-refractivity contribution in [2.75, 3.05) is 38.4 Å². The molecule has 4 heterocycles. The fourth-order valence-corrected chi connectivity index (χ4v) is 5.23. The number of aromatic nitrogens is 2. The number of carbonyl (C=O) groups excluding carboxylic acids is 1. The zero-order valence-corrected chi connectivity index (χ0v) is 22.5. The second kappa shape index (κ2) is 11.1. The molecule has 1 amide bonds. The van der Waals surface area contributed by atoms with Gasteiger partial charge in [0, 0.05) is 73.5 Å². The van der Waals surface area contributed by atoms with Crippen LogP contribution in [0.15, 0.2) is 73.1 Å². The minimum absolute atomic E-state index is 0.185. The first-order valence-electron chi connectivity index (χ1n) is 13.1. The number of halogens is 1. The maximum atomic E-state index is 13.0. The van der Waals surface area contributed by atoms with Crippen LogP contribution in [0.3, 0.4) is 0 Å². The fraction of sp³-hybridized carbons (Fsp3) is 0.267. The summed E-state index contributed by atoms with van der Waals surface area (Å²) >= 11 is 6.15. The Morgan fingerprint density at radius 3 is 2.33 bits per heavy atom. The van der Waals surface area contributed by atoms with Crippen molar-refractivity contribution in [2.45, 2.75) is 20.0 Å².